The van der Waals surface area contributed by atoms with Gasteiger partial charge in [0.15, 0.2) is 11.7 Å². The van der Waals surface area contributed by atoms with Crippen molar-refractivity contribution in [3.05, 3.63) is 54.0 Å². The molecule has 1 aliphatic rings. The highest BCUT2D eigenvalue weighted by atomic mass is 127. The fraction of sp³-hybridized carbons (Fsp3) is 0.500. The van der Waals surface area contributed by atoms with E-state index in [1.165, 1.54) is 6.26 Å². The quantitative estimate of drug-likeness (QED) is 0.284. The number of furan rings is 1. The molecule has 3 rings (SSSR count). The fourth-order valence-electron chi connectivity index (χ4n) is 3.73. The maximum Gasteiger partial charge on any atom is 0.289 e. The van der Waals surface area contributed by atoms with Crippen molar-refractivity contribution < 1.29 is 13.9 Å². The van der Waals surface area contributed by atoms with Crippen LogP contribution in [0.5, 0.6) is 5.75 Å². The van der Waals surface area contributed by atoms with Gasteiger partial charge in [-0.1, -0.05) is 26.0 Å². The number of guanidine groups is 1. The van der Waals surface area contributed by atoms with E-state index in [4.69, 9.17) is 9.15 Å². The molecule has 2 aromatic rings. The maximum atomic E-state index is 12.4. The Labute approximate surface area is 214 Å². The van der Waals surface area contributed by atoms with Gasteiger partial charge in [-0.25, -0.2) is 0 Å². The Hall–Kier alpha value is -2.27. The minimum absolute atomic E-state index is 0. The molecule has 0 saturated carbocycles. The van der Waals surface area contributed by atoms with Crippen LogP contribution in [-0.2, 0) is 6.54 Å². The zero-order valence-electron chi connectivity index (χ0n) is 19.8. The van der Waals surface area contributed by atoms with Gasteiger partial charge in [0.05, 0.1) is 6.26 Å². The van der Waals surface area contributed by atoms with Gasteiger partial charge < -0.3 is 29.2 Å². The molecule has 0 radical (unpaired) electrons. The molecule has 182 valence electrons. The summed E-state index contributed by atoms with van der Waals surface area (Å²) < 4.78 is 11.1. The zero-order valence-corrected chi connectivity index (χ0v) is 22.2. The van der Waals surface area contributed by atoms with Gasteiger partial charge >= 0.3 is 0 Å². The van der Waals surface area contributed by atoms with Crippen LogP contribution < -0.4 is 10.1 Å². The van der Waals surface area contributed by atoms with E-state index in [-0.39, 0.29) is 29.9 Å². The Morgan fingerprint density at radius 3 is 2.33 bits per heavy atom. The summed E-state index contributed by atoms with van der Waals surface area (Å²) in [6, 6.07) is 11.6. The summed E-state index contributed by atoms with van der Waals surface area (Å²) >= 11 is 0. The first-order valence-electron chi connectivity index (χ1n) is 11.4. The van der Waals surface area contributed by atoms with Crippen LogP contribution in [0.1, 0.15) is 30.0 Å². The smallest absolute Gasteiger partial charge is 0.289 e. The summed E-state index contributed by atoms with van der Waals surface area (Å²) in [5.74, 6) is 2.07. The number of carbonyl (C=O) groups excluding carboxylic acids is 1. The number of nitrogens with zero attached hydrogens (tertiary/aromatic N) is 4. The summed E-state index contributed by atoms with van der Waals surface area (Å²) in [4.78, 5) is 23.2. The number of piperazine rings is 1. The van der Waals surface area contributed by atoms with Crippen molar-refractivity contribution in [2.75, 3.05) is 59.5 Å². The highest BCUT2D eigenvalue weighted by molar-refractivity contribution is 14.0. The molecule has 0 aliphatic carbocycles. The van der Waals surface area contributed by atoms with Crippen molar-refractivity contribution >= 4 is 35.8 Å². The van der Waals surface area contributed by atoms with Crippen LogP contribution >= 0.6 is 24.0 Å². The minimum atomic E-state index is -0.0583. The van der Waals surface area contributed by atoms with Gasteiger partial charge in [0.25, 0.3) is 5.91 Å². The molecular weight excluding hydrogens is 533 g/mol. The lowest BCUT2D eigenvalue weighted by atomic mass is 10.2. The summed E-state index contributed by atoms with van der Waals surface area (Å²) in [6.45, 7) is 11.5. The topological polar surface area (TPSA) is 73.6 Å². The van der Waals surface area contributed by atoms with E-state index >= 15 is 0 Å². The molecule has 1 amide bonds. The van der Waals surface area contributed by atoms with E-state index in [0.29, 0.717) is 32.0 Å². The number of benzene rings is 1. The minimum Gasteiger partial charge on any atom is -0.492 e. The molecule has 1 saturated heterocycles. The zero-order chi connectivity index (χ0) is 22.8. The molecule has 1 aliphatic heterocycles. The van der Waals surface area contributed by atoms with Crippen molar-refractivity contribution in [1.82, 2.24) is 20.0 Å². The third-order valence-corrected chi connectivity index (χ3v) is 5.75. The second-order valence-electron chi connectivity index (χ2n) is 7.68. The molecule has 1 fully saturated rings. The molecule has 0 bridgehead atoms. The Morgan fingerprint density at radius 2 is 1.76 bits per heavy atom. The average molecular weight is 569 g/mol. The summed E-state index contributed by atoms with van der Waals surface area (Å²) in [5.41, 5.74) is 1.16. The fourth-order valence-corrected chi connectivity index (χ4v) is 3.73. The van der Waals surface area contributed by atoms with Gasteiger partial charge in [-0.05, 0) is 42.9 Å². The summed E-state index contributed by atoms with van der Waals surface area (Å²) in [6.07, 6.45) is 1.53. The number of nitrogens with one attached hydrogen (secondary N) is 1. The second-order valence-corrected chi connectivity index (χ2v) is 7.68. The van der Waals surface area contributed by atoms with Gasteiger partial charge in [0, 0.05) is 46.3 Å². The van der Waals surface area contributed by atoms with Crippen molar-refractivity contribution in [3.63, 3.8) is 0 Å². The molecule has 2 heterocycles. The standard InChI is InChI=1S/C24H35N5O3.HI/c1-4-27(5-2)16-18-31-21-10-8-20(9-11-21)19-26-24(25-3)29-14-12-28(13-15-29)23(30)22-7-6-17-32-22;/h6-11,17H,4-5,12-16,18-19H2,1-3H3,(H,25,26);1H. The van der Waals surface area contributed by atoms with Gasteiger partial charge in [-0.2, -0.15) is 0 Å². The predicted octanol–water partition coefficient (Wildman–Crippen LogP) is 3.15. The van der Waals surface area contributed by atoms with Crippen LogP contribution in [0.2, 0.25) is 0 Å². The molecular formula is C24H36IN5O3. The SMILES string of the molecule is CCN(CC)CCOc1ccc(CNC(=NC)N2CCN(C(=O)c3ccco3)CC2)cc1.I. The number of aliphatic imine (C=N–C) groups is 1. The number of carbonyl (C=O) groups is 1. The lowest BCUT2D eigenvalue weighted by molar-refractivity contribution is 0.0657. The van der Waals surface area contributed by atoms with E-state index in [1.807, 2.05) is 17.0 Å². The first-order valence-corrected chi connectivity index (χ1v) is 11.4. The lowest BCUT2D eigenvalue weighted by Crippen LogP contribution is -2.53. The number of hydrogen-bond acceptors (Lipinski definition) is 5. The molecule has 1 aromatic carbocycles. The second kappa shape index (κ2) is 14.1. The number of rotatable bonds is 9. The lowest BCUT2D eigenvalue weighted by Gasteiger charge is -2.36. The van der Waals surface area contributed by atoms with Gasteiger partial charge in [0.2, 0.25) is 0 Å². The van der Waals surface area contributed by atoms with E-state index in [9.17, 15) is 4.79 Å². The number of amides is 1. The van der Waals surface area contributed by atoms with Crippen LogP contribution in [0.25, 0.3) is 0 Å². The van der Waals surface area contributed by atoms with Crippen molar-refractivity contribution in [3.8, 4) is 5.75 Å². The summed E-state index contributed by atoms with van der Waals surface area (Å²) in [7, 11) is 1.79. The van der Waals surface area contributed by atoms with Crippen molar-refractivity contribution in [1.29, 1.82) is 0 Å². The molecule has 0 unspecified atom stereocenters. The monoisotopic (exact) mass is 569 g/mol. The highest BCUT2D eigenvalue weighted by Crippen LogP contribution is 2.13. The van der Waals surface area contributed by atoms with Crippen LogP contribution in [0.3, 0.4) is 0 Å². The number of likely N-dealkylation sites (N-methyl/N-ethyl adjacent to an activating group) is 1. The molecule has 8 nitrogen and oxygen atoms in total. The first-order chi connectivity index (χ1) is 15.6. The van der Waals surface area contributed by atoms with Crippen LogP contribution in [0.15, 0.2) is 52.1 Å². The molecule has 1 aromatic heterocycles. The average Bonchev–Trinajstić information content (AvgIpc) is 3.38. The number of ether oxygens (including phenoxy) is 1. The van der Waals surface area contributed by atoms with E-state index in [1.54, 1.807) is 19.2 Å². The van der Waals surface area contributed by atoms with Gasteiger partial charge in [-0.15, -0.1) is 24.0 Å². The first kappa shape index (κ1) is 27.0. The Balaban J connectivity index is 0.00000385. The van der Waals surface area contributed by atoms with E-state index in [2.05, 4.69) is 46.1 Å². The Kier molecular flexibility index (Phi) is 11.5. The normalized spacial score (nSPS) is 14.2. The molecule has 1 N–H and O–H groups in total. The van der Waals surface area contributed by atoms with Crippen LogP contribution in [-0.4, -0.2) is 86.0 Å². The van der Waals surface area contributed by atoms with Crippen molar-refractivity contribution in [2.24, 2.45) is 4.99 Å². The predicted molar refractivity (Wildman–Crippen MR) is 142 cm³/mol. The van der Waals surface area contributed by atoms with E-state index in [0.717, 1.165) is 50.0 Å². The largest absolute Gasteiger partial charge is 0.492 e. The molecule has 0 spiro atoms. The number of hydrogen-bond donors (Lipinski definition) is 1. The van der Waals surface area contributed by atoms with Crippen molar-refractivity contribution in [2.45, 2.75) is 20.4 Å². The molecule has 9 heteroatoms. The Morgan fingerprint density at radius 1 is 1.09 bits per heavy atom. The van der Waals surface area contributed by atoms with Crippen LogP contribution in [0, 0.1) is 0 Å². The molecule has 33 heavy (non-hydrogen) atoms. The van der Waals surface area contributed by atoms with Gasteiger partial charge in [0.1, 0.15) is 12.4 Å². The summed E-state index contributed by atoms with van der Waals surface area (Å²) in [5, 5.41) is 3.43. The highest BCUT2D eigenvalue weighted by Gasteiger charge is 2.25. The molecule has 0 atom stereocenters. The third kappa shape index (κ3) is 7.92. The van der Waals surface area contributed by atoms with Crippen LogP contribution in [0.4, 0.5) is 0 Å². The maximum absolute atomic E-state index is 12.4. The van der Waals surface area contributed by atoms with Gasteiger partial charge in [-0.3, -0.25) is 9.79 Å². The van der Waals surface area contributed by atoms with E-state index < -0.39 is 0 Å². The number of halogens is 1. The third-order valence-electron chi connectivity index (χ3n) is 5.75. The Bertz CT molecular complexity index is 845.